The van der Waals surface area contributed by atoms with E-state index >= 15 is 0 Å². The topological polar surface area (TPSA) is 47.9 Å². The van der Waals surface area contributed by atoms with E-state index in [1.54, 1.807) is 0 Å². The minimum Gasteiger partial charge on any atom is -0.388 e. The Hall–Kier alpha value is 0.554. The largest absolute Gasteiger partial charge is 0.388 e. The van der Waals surface area contributed by atoms with Gasteiger partial charge in [0.15, 0.2) is 0 Å². The average Bonchev–Trinajstić information content (AvgIpc) is 1.95. The zero-order valence-corrected chi connectivity index (χ0v) is 7.94. The van der Waals surface area contributed by atoms with Gasteiger partial charge in [-0.05, 0) is 0 Å². The first-order chi connectivity index (χ1) is 4.24. The zero-order valence-electron chi connectivity index (χ0n) is 6.38. The summed E-state index contributed by atoms with van der Waals surface area (Å²) in [6.45, 7) is -0.323. The van der Waals surface area contributed by atoms with Gasteiger partial charge < -0.3 is 19.3 Å². The van der Waals surface area contributed by atoms with E-state index in [1.165, 1.54) is 21.3 Å². The van der Waals surface area contributed by atoms with Gasteiger partial charge in [-0.1, -0.05) is 0 Å². The van der Waals surface area contributed by atoms with Crippen molar-refractivity contribution in [1.29, 1.82) is 0 Å². The van der Waals surface area contributed by atoms with Gasteiger partial charge in [-0.2, -0.15) is 0 Å². The van der Waals surface area contributed by atoms with Crippen LogP contribution >= 0.6 is 0 Å². The molecule has 0 fully saturated rings. The molecule has 0 aromatic rings. The minimum absolute atomic E-state index is 0. The molecule has 0 radical (unpaired) electrons. The van der Waals surface area contributed by atoms with E-state index in [0.29, 0.717) is 0 Å². The molecule has 0 saturated carbocycles. The Kier molecular flexibility index (Phi) is 8.26. The van der Waals surface area contributed by atoms with Gasteiger partial charge in [0, 0.05) is 43.0 Å². The van der Waals surface area contributed by atoms with Crippen LogP contribution in [0.1, 0.15) is 0 Å². The van der Waals surface area contributed by atoms with Crippen LogP contribution in [0.25, 0.3) is 0 Å². The Morgan fingerprint density at radius 3 is 1.40 bits per heavy atom. The molecule has 1 N–H and O–H groups in total. The van der Waals surface area contributed by atoms with E-state index in [2.05, 4.69) is 0 Å². The maximum Gasteiger partial charge on any atom is 0.306 e. The molecule has 0 rings (SSSR count). The fraction of sp³-hybridized carbons (Fsp3) is 1.00. The summed E-state index contributed by atoms with van der Waals surface area (Å²) in [5.74, 6) is -1.28. The van der Waals surface area contributed by atoms with Crippen LogP contribution in [0.5, 0.6) is 0 Å². The number of hydrogen-bond donors (Lipinski definition) is 1. The van der Waals surface area contributed by atoms with E-state index in [1.807, 2.05) is 0 Å². The molecule has 0 aromatic carbocycles. The predicted molar refractivity (Wildman–Crippen MR) is 30.8 cm³/mol. The van der Waals surface area contributed by atoms with Crippen LogP contribution in [0.15, 0.2) is 0 Å². The molecule has 60 valence electrons. The molecule has 10 heavy (non-hydrogen) atoms. The molecule has 0 aliphatic carbocycles. The summed E-state index contributed by atoms with van der Waals surface area (Å²) >= 11 is 0. The van der Waals surface area contributed by atoms with Crippen LogP contribution in [0.4, 0.5) is 0 Å². The van der Waals surface area contributed by atoms with Crippen LogP contribution in [0.2, 0.25) is 0 Å². The Labute approximate surface area is 75.3 Å². The molecular weight excluding hydrogens is 172 g/mol. The second-order valence-corrected chi connectivity index (χ2v) is 1.45. The molecule has 0 aromatic heterocycles. The number of methoxy groups -OCH3 is 3. The van der Waals surface area contributed by atoms with Crippen LogP contribution in [0, 0.1) is 0 Å². The molecule has 0 bridgehead atoms. The molecule has 0 amide bonds. The Morgan fingerprint density at radius 2 is 1.40 bits per heavy atom. The van der Waals surface area contributed by atoms with E-state index < -0.39 is 5.97 Å². The van der Waals surface area contributed by atoms with Crippen molar-refractivity contribution in [2.24, 2.45) is 0 Å². The smallest absolute Gasteiger partial charge is 0.306 e. The van der Waals surface area contributed by atoms with Crippen LogP contribution in [0.3, 0.4) is 0 Å². The van der Waals surface area contributed by atoms with Gasteiger partial charge >= 0.3 is 5.97 Å². The minimum atomic E-state index is -1.28. The molecule has 0 aliphatic rings. The van der Waals surface area contributed by atoms with Gasteiger partial charge in [0.2, 0.25) is 0 Å². The predicted octanol–water partition coefficient (Wildman–Crippen LogP) is -0.431. The maximum absolute atomic E-state index is 8.60. The van der Waals surface area contributed by atoms with Crippen molar-refractivity contribution in [2.45, 2.75) is 5.97 Å². The summed E-state index contributed by atoms with van der Waals surface area (Å²) in [5, 5.41) is 8.60. The van der Waals surface area contributed by atoms with E-state index in [4.69, 9.17) is 19.3 Å². The second kappa shape index (κ2) is 6.28. The SMILES string of the molecule is COC(CO)(OC)OC.[Ti]. The van der Waals surface area contributed by atoms with Crippen molar-refractivity contribution < 1.29 is 41.0 Å². The van der Waals surface area contributed by atoms with Gasteiger partial charge in [-0.25, -0.2) is 0 Å². The summed E-state index contributed by atoms with van der Waals surface area (Å²) in [6.07, 6.45) is 0. The average molecular weight is 184 g/mol. The number of hydrogen-bond acceptors (Lipinski definition) is 4. The monoisotopic (exact) mass is 184 g/mol. The first-order valence-corrected chi connectivity index (χ1v) is 2.51. The third-order valence-electron chi connectivity index (χ3n) is 1.13. The summed E-state index contributed by atoms with van der Waals surface area (Å²) in [4.78, 5) is 0. The van der Waals surface area contributed by atoms with Crippen molar-refractivity contribution in [3.63, 3.8) is 0 Å². The Bertz CT molecular complexity index is 56.5. The van der Waals surface area contributed by atoms with Crippen molar-refractivity contribution in [3.05, 3.63) is 0 Å². The fourth-order valence-corrected chi connectivity index (χ4v) is 0.444. The maximum atomic E-state index is 8.60. The number of aliphatic hydroxyl groups is 1. The normalized spacial score (nSPS) is 10.8. The van der Waals surface area contributed by atoms with Gasteiger partial charge in [0.25, 0.3) is 0 Å². The van der Waals surface area contributed by atoms with E-state index in [9.17, 15) is 0 Å². The van der Waals surface area contributed by atoms with Crippen molar-refractivity contribution >= 4 is 0 Å². The molecule has 0 atom stereocenters. The van der Waals surface area contributed by atoms with Crippen molar-refractivity contribution in [2.75, 3.05) is 27.9 Å². The van der Waals surface area contributed by atoms with Gasteiger partial charge in [-0.3, -0.25) is 0 Å². The summed E-state index contributed by atoms with van der Waals surface area (Å²) in [6, 6.07) is 0. The van der Waals surface area contributed by atoms with Crippen LogP contribution in [-0.4, -0.2) is 39.0 Å². The summed E-state index contributed by atoms with van der Waals surface area (Å²) < 4.78 is 14.1. The standard InChI is InChI=1S/C5H12O4.Ti/c1-7-5(4-6,8-2)9-3;/h6H,4H2,1-3H3;. The molecule has 4 nitrogen and oxygen atoms in total. The van der Waals surface area contributed by atoms with Gasteiger partial charge in [0.05, 0.1) is 0 Å². The van der Waals surface area contributed by atoms with Crippen LogP contribution in [-0.2, 0) is 35.9 Å². The van der Waals surface area contributed by atoms with E-state index in [0.717, 1.165) is 0 Å². The molecule has 5 heteroatoms. The quantitative estimate of drug-likeness (QED) is 0.475. The zero-order chi connectivity index (χ0) is 7.33. The summed E-state index contributed by atoms with van der Waals surface area (Å²) in [5.41, 5.74) is 0. The molecular formula is C5H12O4Ti. The molecule has 0 aliphatic heterocycles. The van der Waals surface area contributed by atoms with Crippen molar-refractivity contribution in [3.8, 4) is 0 Å². The number of aliphatic hydroxyl groups excluding tert-OH is 1. The van der Waals surface area contributed by atoms with Gasteiger partial charge in [-0.15, -0.1) is 0 Å². The molecule has 0 heterocycles. The molecule has 0 spiro atoms. The van der Waals surface area contributed by atoms with Crippen molar-refractivity contribution in [1.82, 2.24) is 0 Å². The summed E-state index contributed by atoms with van der Waals surface area (Å²) in [7, 11) is 4.18. The first-order valence-electron chi connectivity index (χ1n) is 2.51. The third kappa shape index (κ3) is 3.10. The fourth-order valence-electron chi connectivity index (χ4n) is 0.444. The Morgan fingerprint density at radius 1 is 1.10 bits per heavy atom. The van der Waals surface area contributed by atoms with Crippen LogP contribution < -0.4 is 0 Å². The molecule has 0 saturated heterocycles. The number of ether oxygens (including phenoxy) is 3. The Balaban J connectivity index is 0. The number of rotatable bonds is 4. The van der Waals surface area contributed by atoms with Gasteiger partial charge in [0.1, 0.15) is 6.61 Å². The molecule has 0 unspecified atom stereocenters. The van der Waals surface area contributed by atoms with E-state index in [-0.39, 0.29) is 28.3 Å². The second-order valence-electron chi connectivity index (χ2n) is 1.45. The third-order valence-corrected chi connectivity index (χ3v) is 1.13. The first kappa shape index (κ1) is 13.2.